The van der Waals surface area contributed by atoms with E-state index in [4.69, 9.17) is 5.11 Å². The first-order valence-corrected chi connectivity index (χ1v) is 6.06. The number of allylic oxidation sites excluding steroid dienone is 3. The van der Waals surface area contributed by atoms with Gasteiger partial charge in [-0.3, -0.25) is 0 Å². The molecule has 0 saturated carbocycles. The van der Waals surface area contributed by atoms with E-state index in [9.17, 15) is 0 Å². The molecule has 0 unspecified atom stereocenters. The molecular formula is C14H24O. The molecule has 0 fully saturated rings. The lowest BCUT2D eigenvalue weighted by Crippen LogP contribution is -2.19. The Kier molecular flexibility index (Phi) is 4.59. The molecule has 0 radical (unpaired) electrons. The van der Waals surface area contributed by atoms with Crippen molar-refractivity contribution >= 4 is 0 Å². The Morgan fingerprint density at radius 1 is 1.53 bits per heavy atom. The summed E-state index contributed by atoms with van der Waals surface area (Å²) in [5, 5.41) is 8.95. The monoisotopic (exact) mass is 208 g/mol. The number of aliphatic hydroxyl groups excluding tert-OH is 1. The van der Waals surface area contributed by atoms with Crippen LogP contribution in [0.3, 0.4) is 0 Å². The maximum atomic E-state index is 8.95. The van der Waals surface area contributed by atoms with E-state index in [1.807, 2.05) is 6.08 Å². The van der Waals surface area contributed by atoms with Gasteiger partial charge in [0.05, 0.1) is 6.61 Å². The van der Waals surface area contributed by atoms with Crippen molar-refractivity contribution in [2.45, 2.75) is 40.5 Å². The lowest BCUT2D eigenvalue weighted by atomic mass is 9.75. The molecule has 0 aromatic carbocycles. The normalized spacial score (nSPS) is 28.1. The lowest BCUT2D eigenvalue weighted by molar-refractivity contribution is 0.339. The fourth-order valence-corrected chi connectivity index (χ4v) is 2.48. The Morgan fingerprint density at radius 2 is 2.20 bits per heavy atom. The highest BCUT2D eigenvalue weighted by molar-refractivity contribution is 5.33. The molecule has 0 saturated heterocycles. The molecule has 1 aliphatic rings. The third-order valence-electron chi connectivity index (χ3n) is 3.45. The second-order valence-corrected chi connectivity index (χ2v) is 5.10. The first kappa shape index (κ1) is 12.5. The van der Waals surface area contributed by atoms with Gasteiger partial charge in [0.1, 0.15) is 0 Å². The highest BCUT2D eigenvalue weighted by Gasteiger charge is 2.24. The summed E-state index contributed by atoms with van der Waals surface area (Å²) in [6.07, 6.45) is 6.93. The van der Waals surface area contributed by atoms with Gasteiger partial charge in [0.15, 0.2) is 0 Å². The molecule has 2 atom stereocenters. The van der Waals surface area contributed by atoms with Crippen LogP contribution >= 0.6 is 0 Å². The van der Waals surface area contributed by atoms with Gasteiger partial charge in [-0.2, -0.15) is 0 Å². The van der Waals surface area contributed by atoms with Crippen LogP contribution in [0.1, 0.15) is 40.5 Å². The summed E-state index contributed by atoms with van der Waals surface area (Å²) in [6.45, 7) is 9.14. The maximum Gasteiger partial charge on any atom is 0.0618 e. The van der Waals surface area contributed by atoms with Crippen molar-refractivity contribution in [3.63, 3.8) is 0 Å². The third-order valence-corrected chi connectivity index (χ3v) is 3.45. The number of aliphatic hydroxyl groups is 1. The molecule has 0 aromatic rings. The van der Waals surface area contributed by atoms with Crippen LogP contribution in [0.4, 0.5) is 0 Å². The predicted molar refractivity (Wildman–Crippen MR) is 65.7 cm³/mol. The molecule has 1 rings (SSSR count). The molecule has 1 heteroatoms. The molecule has 0 aromatic heterocycles. The van der Waals surface area contributed by atoms with Crippen LogP contribution in [0, 0.1) is 17.8 Å². The summed E-state index contributed by atoms with van der Waals surface area (Å²) >= 11 is 0. The van der Waals surface area contributed by atoms with Gasteiger partial charge >= 0.3 is 0 Å². The molecule has 0 amide bonds. The predicted octanol–water partition coefficient (Wildman–Crippen LogP) is 3.55. The largest absolute Gasteiger partial charge is 0.392 e. The van der Waals surface area contributed by atoms with Crippen LogP contribution < -0.4 is 0 Å². The van der Waals surface area contributed by atoms with Gasteiger partial charge in [0, 0.05) is 0 Å². The summed E-state index contributed by atoms with van der Waals surface area (Å²) in [5.74, 6) is 2.08. The van der Waals surface area contributed by atoms with E-state index in [1.165, 1.54) is 24.0 Å². The van der Waals surface area contributed by atoms with Crippen LogP contribution in [-0.2, 0) is 0 Å². The standard InChI is InChI=1S/C14H24O/c1-10(2)13-6-5-11(3)9-14(13)12(4)7-8-15/h7,9-11,13,15H,5-6,8H2,1-4H3/b12-7-/t11-,13+/m1/s1. The van der Waals surface area contributed by atoms with Gasteiger partial charge in [-0.25, -0.2) is 0 Å². The highest BCUT2D eigenvalue weighted by Crippen LogP contribution is 2.36. The number of hydrogen-bond donors (Lipinski definition) is 1. The van der Waals surface area contributed by atoms with E-state index >= 15 is 0 Å². The van der Waals surface area contributed by atoms with E-state index in [0.29, 0.717) is 17.8 Å². The molecule has 0 aliphatic heterocycles. The summed E-state index contributed by atoms with van der Waals surface area (Å²) in [5.41, 5.74) is 2.74. The Labute approximate surface area is 93.9 Å². The van der Waals surface area contributed by atoms with Crippen molar-refractivity contribution in [2.24, 2.45) is 17.8 Å². The van der Waals surface area contributed by atoms with Crippen molar-refractivity contribution in [3.8, 4) is 0 Å². The molecule has 15 heavy (non-hydrogen) atoms. The van der Waals surface area contributed by atoms with Crippen molar-refractivity contribution in [3.05, 3.63) is 23.3 Å². The zero-order valence-electron chi connectivity index (χ0n) is 10.5. The zero-order valence-corrected chi connectivity index (χ0v) is 10.5. The van der Waals surface area contributed by atoms with E-state index < -0.39 is 0 Å². The van der Waals surface area contributed by atoms with Crippen molar-refractivity contribution < 1.29 is 5.11 Å². The molecule has 86 valence electrons. The minimum atomic E-state index is 0.155. The van der Waals surface area contributed by atoms with Crippen LogP contribution in [0.5, 0.6) is 0 Å². The molecule has 1 aliphatic carbocycles. The van der Waals surface area contributed by atoms with E-state index in [2.05, 4.69) is 33.8 Å². The second-order valence-electron chi connectivity index (χ2n) is 5.10. The maximum absolute atomic E-state index is 8.95. The summed E-state index contributed by atoms with van der Waals surface area (Å²) in [7, 11) is 0. The van der Waals surface area contributed by atoms with E-state index in [1.54, 1.807) is 0 Å². The Bertz CT molecular complexity index is 261. The Balaban J connectivity index is 2.92. The van der Waals surface area contributed by atoms with Gasteiger partial charge in [0.25, 0.3) is 0 Å². The summed E-state index contributed by atoms with van der Waals surface area (Å²) in [4.78, 5) is 0. The number of rotatable bonds is 3. The molecule has 1 nitrogen and oxygen atoms in total. The summed E-state index contributed by atoms with van der Waals surface area (Å²) in [6, 6.07) is 0. The molecule has 1 N–H and O–H groups in total. The minimum Gasteiger partial charge on any atom is -0.392 e. The van der Waals surface area contributed by atoms with Crippen LogP contribution in [-0.4, -0.2) is 11.7 Å². The molecule has 0 bridgehead atoms. The summed E-state index contributed by atoms with van der Waals surface area (Å²) < 4.78 is 0. The van der Waals surface area contributed by atoms with Crippen LogP contribution in [0.25, 0.3) is 0 Å². The first-order valence-electron chi connectivity index (χ1n) is 6.06. The van der Waals surface area contributed by atoms with E-state index in [0.717, 1.165) is 0 Å². The van der Waals surface area contributed by atoms with Crippen molar-refractivity contribution in [1.29, 1.82) is 0 Å². The fourth-order valence-electron chi connectivity index (χ4n) is 2.48. The minimum absolute atomic E-state index is 0.155. The molecular weight excluding hydrogens is 184 g/mol. The first-order chi connectivity index (χ1) is 7.06. The fraction of sp³-hybridized carbons (Fsp3) is 0.714. The van der Waals surface area contributed by atoms with Gasteiger partial charge in [-0.05, 0) is 48.7 Å². The van der Waals surface area contributed by atoms with Crippen LogP contribution in [0.15, 0.2) is 23.3 Å². The van der Waals surface area contributed by atoms with Gasteiger partial charge in [0.2, 0.25) is 0 Å². The van der Waals surface area contributed by atoms with Crippen molar-refractivity contribution in [2.75, 3.05) is 6.61 Å². The van der Waals surface area contributed by atoms with E-state index in [-0.39, 0.29) is 6.61 Å². The smallest absolute Gasteiger partial charge is 0.0618 e. The van der Waals surface area contributed by atoms with Gasteiger partial charge in [-0.15, -0.1) is 0 Å². The average Bonchev–Trinajstić information content (AvgIpc) is 2.17. The average molecular weight is 208 g/mol. The third kappa shape index (κ3) is 3.20. The second kappa shape index (κ2) is 5.50. The molecule has 0 spiro atoms. The topological polar surface area (TPSA) is 20.2 Å². The Hall–Kier alpha value is -0.560. The van der Waals surface area contributed by atoms with Gasteiger partial charge in [-0.1, -0.05) is 32.9 Å². The zero-order chi connectivity index (χ0) is 11.4. The highest BCUT2D eigenvalue weighted by atomic mass is 16.2. The lowest BCUT2D eigenvalue weighted by Gasteiger charge is -2.31. The number of hydrogen-bond acceptors (Lipinski definition) is 1. The van der Waals surface area contributed by atoms with Crippen LogP contribution in [0.2, 0.25) is 0 Å². The quantitative estimate of drug-likeness (QED) is 0.752. The Morgan fingerprint density at radius 3 is 2.73 bits per heavy atom. The van der Waals surface area contributed by atoms with Gasteiger partial charge < -0.3 is 5.11 Å². The van der Waals surface area contributed by atoms with Crippen molar-refractivity contribution in [1.82, 2.24) is 0 Å². The molecule has 0 heterocycles. The SMILES string of the molecule is C/C(=C/CO)C1=C[C@H](C)CC[C@H]1C(C)C.